The Bertz CT molecular complexity index is 1300. The predicted molar refractivity (Wildman–Crippen MR) is 129 cm³/mol. The van der Waals surface area contributed by atoms with Gasteiger partial charge < -0.3 is 9.64 Å². The molecule has 0 bridgehead atoms. The van der Waals surface area contributed by atoms with Crippen molar-refractivity contribution in [3.8, 4) is 16.9 Å². The Balaban J connectivity index is 1.29. The zero-order valence-corrected chi connectivity index (χ0v) is 19.8. The molecule has 4 heterocycles. The normalized spacial score (nSPS) is 14.6. The zero-order valence-electron chi connectivity index (χ0n) is 19.8. The molecule has 1 aliphatic rings. The fourth-order valence-corrected chi connectivity index (χ4v) is 4.60. The second-order valence-corrected chi connectivity index (χ2v) is 8.71. The average Bonchev–Trinajstić information content (AvgIpc) is 3.41. The van der Waals surface area contributed by atoms with Crippen molar-refractivity contribution in [2.24, 2.45) is 7.05 Å². The number of carbonyl (C=O) groups excluding carboxylic acids is 1. The van der Waals surface area contributed by atoms with Crippen molar-refractivity contribution in [2.75, 3.05) is 33.3 Å². The highest BCUT2D eigenvalue weighted by Crippen LogP contribution is 2.31. The fraction of sp³-hybridized carbons (Fsp3) is 0.360. The minimum absolute atomic E-state index is 0.0714. The SMILES string of the molecule is COc1ccc(-c2ccnc3c2c(C)nn3CC(=O)N2CCN(Cc3cnn(C)c3)CC2)cc1. The summed E-state index contributed by atoms with van der Waals surface area (Å²) < 4.78 is 8.84. The number of benzene rings is 1. The number of aryl methyl sites for hydroxylation is 2. The van der Waals surface area contributed by atoms with Crippen LogP contribution in [0.2, 0.25) is 0 Å². The van der Waals surface area contributed by atoms with Gasteiger partial charge in [-0.2, -0.15) is 10.2 Å². The molecule has 1 aliphatic heterocycles. The molecule has 0 aliphatic carbocycles. The van der Waals surface area contributed by atoms with Gasteiger partial charge in [0.2, 0.25) is 5.91 Å². The fourth-order valence-electron chi connectivity index (χ4n) is 4.60. The number of fused-ring (bicyclic) bond motifs is 1. The number of hydrogen-bond acceptors (Lipinski definition) is 6. The highest BCUT2D eigenvalue weighted by molar-refractivity contribution is 5.95. The quantitative estimate of drug-likeness (QED) is 0.441. The van der Waals surface area contributed by atoms with Crippen LogP contribution in [0.3, 0.4) is 0 Å². The van der Waals surface area contributed by atoms with E-state index in [1.807, 2.05) is 66.3 Å². The van der Waals surface area contributed by atoms with Gasteiger partial charge in [-0.05, 0) is 36.2 Å². The Kier molecular flexibility index (Phi) is 6.02. The minimum atomic E-state index is 0.0714. The smallest absolute Gasteiger partial charge is 0.244 e. The number of piperazine rings is 1. The van der Waals surface area contributed by atoms with Crippen molar-refractivity contribution in [2.45, 2.75) is 20.0 Å². The number of carbonyl (C=O) groups is 1. The van der Waals surface area contributed by atoms with Gasteiger partial charge in [-0.3, -0.25) is 14.4 Å². The highest BCUT2D eigenvalue weighted by atomic mass is 16.5. The predicted octanol–water partition coefficient (Wildman–Crippen LogP) is 2.49. The Labute approximate surface area is 198 Å². The van der Waals surface area contributed by atoms with Crippen LogP contribution in [-0.2, 0) is 24.9 Å². The van der Waals surface area contributed by atoms with Gasteiger partial charge in [0.1, 0.15) is 12.3 Å². The van der Waals surface area contributed by atoms with E-state index in [4.69, 9.17) is 4.74 Å². The Morgan fingerprint density at radius 3 is 2.53 bits per heavy atom. The molecule has 1 aromatic carbocycles. The van der Waals surface area contributed by atoms with Crippen LogP contribution in [-0.4, -0.2) is 73.5 Å². The molecule has 1 fully saturated rings. The number of aromatic nitrogens is 5. The first-order valence-electron chi connectivity index (χ1n) is 11.5. The second-order valence-electron chi connectivity index (χ2n) is 8.71. The molecular weight excluding hydrogens is 430 g/mol. The lowest BCUT2D eigenvalue weighted by atomic mass is 10.0. The number of nitrogens with zero attached hydrogens (tertiary/aromatic N) is 7. The van der Waals surface area contributed by atoms with Crippen molar-refractivity contribution in [1.29, 1.82) is 0 Å². The first-order chi connectivity index (χ1) is 16.5. The molecule has 0 radical (unpaired) electrons. The largest absolute Gasteiger partial charge is 0.497 e. The molecule has 0 saturated carbocycles. The molecule has 1 amide bonds. The van der Waals surface area contributed by atoms with Crippen molar-refractivity contribution < 1.29 is 9.53 Å². The van der Waals surface area contributed by atoms with E-state index in [1.54, 1.807) is 18.0 Å². The van der Waals surface area contributed by atoms with Crippen LogP contribution in [0.1, 0.15) is 11.3 Å². The van der Waals surface area contributed by atoms with Crippen LogP contribution < -0.4 is 4.74 Å². The van der Waals surface area contributed by atoms with Crippen LogP contribution >= 0.6 is 0 Å². The number of hydrogen-bond donors (Lipinski definition) is 0. The Morgan fingerprint density at radius 2 is 1.85 bits per heavy atom. The van der Waals surface area contributed by atoms with E-state index >= 15 is 0 Å². The highest BCUT2D eigenvalue weighted by Gasteiger charge is 2.23. The summed E-state index contributed by atoms with van der Waals surface area (Å²) in [6.07, 6.45) is 5.72. The summed E-state index contributed by atoms with van der Waals surface area (Å²) in [6.45, 7) is 6.13. The van der Waals surface area contributed by atoms with Gasteiger partial charge in [-0.25, -0.2) is 9.67 Å². The molecule has 0 atom stereocenters. The molecule has 34 heavy (non-hydrogen) atoms. The van der Waals surface area contributed by atoms with E-state index in [0.29, 0.717) is 13.1 Å². The lowest BCUT2D eigenvalue weighted by Crippen LogP contribution is -2.49. The summed E-state index contributed by atoms with van der Waals surface area (Å²) >= 11 is 0. The standard InChI is InChI=1S/C25H29N7O2/c1-18-24-22(20-4-6-21(34-3)7-5-20)8-9-26-25(24)32(28-18)17-23(33)31-12-10-30(11-13-31)16-19-14-27-29(2)15-19/h4-9,14-15H,10-13,16-17H2,1-3H3. The van der Waals surface area contributed by atoms with Crippen LogP contribution in [0.4, 0.5) is 0 Å². The van der Waals surface area contributed by atoms with Crippen LogP contribution in [0.25, 0.3) is 22.2 Å². The third-order valence-electron chi connectivity index (χ3n) is 6.38. The molecule has 4 aromatic rings. The topological polar surface area (TPSA) is 81.3 Å². The van der Waals surface area contributed by atoms with E-state index in [-0.39, 0.29) is 12.5 Å². The number of amides is 1. The van der Waals surface area contributed by atoms with Crippen molar-refractivity contribution in [3.63, 3.8) is 0 Å². The number of methoxy groups -OCH3 is 1. The molecule has 1 saturated heterocycles. The Morgan fingerprint density at radius 1 is 1.09 bits per heavy atom. The number of ether oxygens (including phenoxy) is 1. The summed E-state index contributed by atoms with van der Waals surface area (Å²) in [4.78, 5) is 22.0. The molecule has 5 rings (SSSR count). The summed E-state index contributed by atoms with van der Waals surface area (Å²) in [5.41, 5.74) is 4.90. The molecule has 9 heteroatoms. The lowest BCUT2D eigenvalue weighted by Gasteiger charge is -2.34. The van der Waals surface area contributed by atoms with E-state index in [9.17, 15) is 4.79 Å². The maximum absolute atomic E-state index is 13.1. The monoisotopic (exact) mass is 459 g/mol. The van der Waals surface area contributed by atoms with Gasteiger partial charge in [0, 0.05) is 63.1 Å². The van der Waals surface area contributed by atoms with E-state index in [1.165, 1.54) is 5.56 Å². The van der Waals surface area contributed by atoms with E-state index in [2.05, 4.69) is 20.1 Å². The maximum atomic E-state index is 13.1. The van der Waals surface area contributed by atoms with Gasteiger partial charge in [0.15, 0.2) is 5.65 Å². The number of pyridine rings is 1. The van der Waals surface area contributed by atoms with Gasteiger partial charge in [0.25, 0.3) is 0 Å². The molecular formula is C25H29N7O2. The molecule has 0 unspecified atom stereocenters. The lowest BCUT2D eigenvalue weighted by molar-refractivity contribution is -0.133. The summed E-state index contributed by atoms with van der Waals surface area (Å²) in [6, 6.07) is 9.94. The van der Waals surface area contributed by atoms with Gasteiger partial charge >= 0.3 is 0 Å². The van der Waals surface area contributed by atoms with E-state index < -0.39 is 0 Å². The maximum Gasteiger partial charge on any atom is 0.244 e. The summed E-state index contributed by atoms with van der Waals surface area (Å²) in [5.74, 6) is 0.884. The third-order valence-corrected chi connectivity index (χ3v) is 6.38. The van der Waals surface area contributed by atoms with E-state index in [0.717, 1.165) is 53.2 Å². The minimum Gasteiger partial charge on any atom is -0.497 e. The molecule has 3 aromatic heterocycles. The number of rotatable bonds is 6. The Hall–Kier alpha value is -3.72. The van der Waals surface area contributed by atoms with Crippen LogP contribution in [0.15, 0.2) is 48.9 Å². The van der Waals surface area contributed by atoms with Crippen molar-refractivity contribution in [3.05, 3.63) is 60.2 Å². The zero-order chi connectivity index (χ0) is 23.7. The first kappa shape index (κ1) is 22.1. The average molecular weight is 460 g/mol. The third kappa shape index (κ3) is 4.38. The van der Waals surface area contributed by atoms with Crippen molar-refractivity contribution >= 4 is 16.9 Å². The molecule has 176 valence electrons. The summed E-state index contributed by atoms with van der Waals surface area (Å²) in [7, 11) is 3.58. The van der Waals surface area contributed by atoms with Crippen molar-refractivity contribution in [1.82, 2.24) is 34.3 Å². The van der Waals surface area contributed by atoms with Gasteiger partial charge in [-0.15, -0.1) is 0 Å². The second kappa shape index (κ2) is 9.26. The summed E-state index contributed by atoms with van der Waals surface area (Å²) in [5, 5.41) is 9.89. The first-order valence-corrected chi connectivity index (χ1v) is 11.5. The van der Waals surface area contributed by atoms with Crippen LogP contribution in [0.5, 0.6) is 5.75 Å². The van der Waals surface area contributed by atoms with Gasteiger partial charge in [0.05, 0.1) is 19.0 Å². The molecule has 0 N–H and O–H groups in total. The van der Waals surface area contributed by atoms with Crippen LogP contribution in [0, 0.1) is 6.92 Å². The molecule has 9 nitrogen and oxygen atoms in total. The molecule has 0 spiro atoms. The van der Waals surface area contributed by atoms with Gasteiger partial charge in [-0.1, -0.05) is 12.1 Å².